The number of anilines is 1. The molecular formula is C16H23ClN2O. The van der Waals surface area contributed by atoms with Gasteiger partial charge >= 0.3 is 0 Å². The van der Waals surface area contributed by atoms with E-state index in [1.165, 1.54) is 19.3 Å². The molecule has 4 heteroatoms. The Bertz CT molecular complexity index is 476. The average Bonchev–Trinajstić information content (AvgIpc) is 2.42. The fourth-order valence-electron chi connectivity index (χ4n) is 2.87. The number of hydrogen-bond acceptors (Lipinski definition) is 2. The summed E-state index contributed by atoms with van der Waals surface area (Å²) >= 11 is 5.93. The molecule has 1 saturated heterocycles. The molecule has 1 heterocycles. The van der Waals surface area contributed by atoms with Gasteiger partial charge in [-0.3, -0.25) is 9.69 Å². The van der Waals surface area contributed by atoms with Crippen LogP contribution in [-0.2, 0) is 4.79 Å². The molecule has 0 radical (unpaired) electrons. The van der Waals surface area contributed by atoms with E-state index in [2.05, 4.69) is 17.1 Å². The van der Waals surface area contributed by atoms with Crippen molar-refractivity contribution >= 4 is 23.2 Å². The molecule has 3 nitrogen and oxygen atoms in total. The molecule has 1 N–H and O–H groups in total. The third-order valence-corrected chi connectivity index (χ3v) is 4.26. The van der Waals surface area contributed by atoms with Crippen LogP contribution in [0.1, 0.15) is 38.2 Å². The second-order valence-electron chi connectivity index (χ2n) is 5.54. The molecule has 1 aromatic carbocycles. The van der Waals surface area contributed by atoms with Crippen molar-refractivity contribution in [3.05, 3.63) is 28.8 Å². The van der Waals surface area contributed by atoms with Gasteiger partial charge in [-0.05, 0) is 56.5 Å². The van der Waals surface area contributed by atoms with Crippen molar-refractivity contribution in [2.24, 2.45) is 0 Å². The molecule has 0 bridgehead atoms. The van der Waals surface area contributed by atoms with Crippen LogP contribution < -0.4 is 5.32 Å². The number of amides is 1. The number of aryl methyl sites for hydroxylation is 1. The number of rotatable bonds is 4. The van der Waals surface area contributed by atoms with Gasteiger partial charge in [0.05, 0.1) is 6.54 Å². The second-order valence-corrected chi connectivity index (χ2v) is 5.97. The van der Waals surface area contributed by atoms with E-state index < -0.39 is 0 Å². The molecule has 0 aliphatic carbocycles. The maximum absolute atomic E-state index is 12.2. The number of nitrogens with zero attached hydrogens (tertiary/aromatic N) is 1. The molecule has 1 aliphatic rings. The summed E-state index contributed by atoms with van der Waals surface area (Å²) in [5.41, 5.74) is 1.85. The van der Waals surface area contributed by atoms with E-state index in [-0.39, 0.29) is 5.91 Å². The third kappa shape index (κ3) is 3.97. The number of carbonyl (C=O) groups excluding carboxylic acids is 1. The maximum atomic E-state index is 12.2. The maximum Gasteiger partial charge on any atom is 0.238 e. The summed E-state index contributed by atoms with van der Waals surface area (Å²) < 4.78 is 0. The predicted molar refractivity (Wildman–Crippen MR) is 84.3 cm³/mol. The number of nitrogens with one attached hydrogen (secondary N) is 1. The van der Waals surface area contributed by atoms with Crippen molar-refractivity contribution in [3.63, 3.8) is 0 Å². The van der Waals surface area contributed by atoms with Crippen LogP contribution in [0, 0.1) is 6.92 Å². The molecule has 110 valence electrons. The fraction of sp³-hybridized carbons (Fsp3) is 0.562. The third-order valence-electron chi connectivity index (χ3n) is 4.03. The Morgan fingerprint density at radius 1 is 1.45 bits per heavy atom. The van der Waals surface area contributed by atoms with Crippen LogP contribution in [0.25, 0.3) is 0 Å². The van der Waals surface area contributed by atoms with Crippen molar-refractivity contribution in [2.75, 3.05) is 18.4 Å². The standard InChI is InChI=1S/C16H23ClN2O/c1-3-14-6-4-5-9-19(14)11-16(20)18-15-8-7-13(17)10-12(15)2/h7-8,10,14H,3-6,9,11H2,1-2H3,(H,18,20). The molecule has 2 rings (SSSR count). The van der Waals surface area contributed by atoms with E-state index >= 15 is 0 Å². The van der Waals surface area contributed by atoms with Crippen molar-refractivity contribution in [1.29, 1.82) is 0 Å². The van der Waals surface area contributed by atoms with Crippen LogP contribution in [-0.4, -0.2) is 29.9 Å². The highest BCUT2D eigenvalue weighted by Crippen LogP contribution is 2.21. The van der Waals surface area contributed by atoms with Gasteiger partial charge in [0.25, 0.3) is 0 Å². The minimum atomic E-state index is 0.0655. The van der Waals surface area contributed by atoms with E-state index in [4.69, 9.17) is 11.6 Å². The van der Waals surface area contributed by atoms with Crippen molar-refractivity contribution in [3.8, 4) is 0 Å². The Labute approximate surface area is 126 Å². The molecule has 0 spiro atoms. The molecule has 1 amide bonds. The summed E-state index contributed by atoms with van der Waals surface area (Å²) in [7, 11) is 0. The first-order chi connectivity index (χ1) is 9.60. The van der Waals surface area contributed by atoms with Crippen molar-refractivity contribution in [2.45, 2.75) is 45.6 Å². The zero-order chi connectivity index (χ0) is 14.5. The van der Waals surface area contributed by atoms with Gasteiger partial charge in [-0.2, -0.15) is 0 Å². The molecular weight excluding hydrogens is 272 g/mol. The summed E-state index contributed by atoms with van der Waals surface area (Å²) in [6.07, 6.45) is 4.81. The van der Waals surface area contributed by atoms with Gasteiger partial charge in [0, 0.05) is 16.8 Å². The van der Waals surface area contributed by atoms with Gasteiger partial charge < -0.3 is 5.32 Å². The number of likely N-dealkylation sites (tertiary alicyclic amines) is 1. The molecule has 0 aromatic heterocycles. The van der Waals surface area contributed by atoms with E-state index in [0.717, 1.165) is 24.2 Å². The molecule has 0 saturated carbocycles. The number of hydrogen-bond donors (Lipinski definition) is 1. The SMILES string of the molecule is CCC1CCCCN1CC(=O)Nc1ccc(Cl)cc1C. The minimum Gasteiger partial charge on any atom is -0.325 e. The predicted octanol–water partition coefficient (Wildman–Crippen LogP) is 3.85. The summed E-state index contributed by atoms with van der Waals surface area (Å²) in [6.45, 7) is 5.67. The zero-order valence-electron chi connectivity index (χ0n) is 12.3. The Balaban J connectivity index is 1.94. The highest BCUT2D eigenvalue weighted by atomic mass is 35.5. The molecule has 1 aromatic rings. The second kappa shape index (κ2) is 7.09. The normalized spacial score (nSPS) is 19.9. The first-order valence-electron chi connectivity index (χ1n) is 7.40. The minimum absolute atomic E-state index is 0.0655. The van der Waals surface area contributed by atoms with Gasteiger partial charge in [0.1, 0.15) is 0 Å². The summed E-state index contributed by atoms with van der Waals surface area (Å²) in [6, 6.07) is 6.09. The lowest BCUT2D eigenvalue weighted by Crippen LogP contribution is -2.43. The van der Waals surface area contributed by atoms with Gasteiger partial charge in [0.2, 0.25) is 5.91 Å². The van der Waals surface area contributed by atoms with Gasteiger partial charge in [-0.25, -0.2) is 0 Å². The fourth-order valence-corrected chi connectivity index (χ4v) is 3.10. The largest absolute Gasteiger partial charge is 0.325 e. The van der Waals surface area contributed by atoms with Crippen LogP contribution in [0.15, 0.2) is 18.2 Å². The number of carbonyl (C=O) groups is 1. The van der Waals surface area contributed by atoms with Gasteiger partial charge in [-0.1, -0.05) is 24.9 Å². The zero-order valence-corrected chi connectivity index (χ0v) is 13.0. The monoisotopic (exact) mass is 294 g/mol. The van der Waals surface area contributed by atoms with Crippen LogP contribution >= 0.6 is 11.6 Å². The Kier molecular flexibility index (Phi) is 5.44. The van der Waals surface area contributed by atoms with Crippen LogP contribution in [0.3, 0.4) is 0 Å². The molecule has 1 atom stereocenters. The number of piperidine rings is 1. The quantitative estimate of drug-likeness (QED) is 0.915. The van der Waals surface area contributed by atoms with E-state index in [9.17, 15) is 4.79 Å². The van der Waals surface area contributed by atoms with E-state index in [0.29, 0.717) is 17.6 Å². The highest BCUT2D eigenvalue weighted by molar-refractivity contribution is 6.30. The molecule has 1 aliphatic heterocycles. The summed E-state index contributed by atoms with van der Waals surface area (Å²) in [4.78, 5) is 14.5. The first kappa shape index (κ1) is 15.3. The van der Waals surface area contributed by atoms with E-state index in [1.54, 1.807) is 6.07 Å². The lowest BCUT2D eigenvalue weighted by Gasteiger charge is -2.34. The van der Waals surface area contributed by atoms with Gasteiger partial charge in [0.15, 0.2) is 0 Å². The van der Waals surface area contributed by atoms with Gasteiger partial charge in [-0.15, -0.1) is 0 Å². The summed E-state index contributed by atoms with van der Waals surface area (Å²) in [5.74, 6) is 0.0655. The molecule has 20 heavy (non-hydrogen) atoms. The lowest BCUT2D eigenvalue weighted by atomic mass is 10.00. The van der Waals surface area contributed by atoms with Crippen molar-refractivity contribution < 1.29 is 4.79 Å². The molecule has 1 unspecified atom stereocenters. The topological polar surface area (TPSA) is 32.3 Å². The number of halogens is 1. The molecule has 1 fully saturated rings. The summed E-state index contributed by atoms with van der Waals surface area (Å²) in [5, 5.41) is 3.69. The van der Waals surface area contributed by atoms with E-state index in [1.807, 2.05) is 19.1 Å². The first-order valence-corrected chi connectivity index (χ1v) is 7.78. The Morgan fingerprint density at radius 2 is 2.25 bits per heavy atom. The smallest absolute Gasteiger partial charge is 0.238 e. The number of benzene rings is 1. The highest BCUT2D eigenvalue weighted by Gasteiger charge is 2.22. The van der Waals surface area contributed by atoms with Crippen LogP contribution in [0.5, 0.6) is 0 Å². The van der Waals surface area contributed by atoms with Crippen molar-refractivity contribution in [1.82, 2.24) is 4.90 Å². The van der Waals surface area contributed by atoms with Crippen LogP contribution in [0.2, 0.25) is 5.02 Å². The Hall–Kier alpha value is -1.06. The lowest BCUT2D eigenvalue weighted by molar-refractivity contribution is -0.118. The average molecular weight is 295 g/mol. The Morgan fingerprint density at radius 3 is 2.95 bits per heavy atom. The van der Waals surface area contributed by atoms with Crippen LogP contribution in [0.4, 0.5) is 5.69 Å².